The lowest BCUT2D eigenvalue weighted by Crippen LogP contribution is -2.52. The lowest BCUT2D eigenvalue weighted by atomic mass is 9.79. The smallest absolute Gasteiger partial charge is 0.356 e. The van der Waals surface area contributed by atoms with E-state index in [0.717, 1.165) is 63.1 Å². The number of benzene rings is 1. The number of nitrogens with one attached hydrogen (secondary N) is 2. The largest absolute Gasteiger partial charge is 0.464 e. The van der Waals surface area contributed by atoms with Crippen molar-refractivity contribution in [3.63, 3.8) is 0 Å². The van der Waals surface area contributed by atoms with E-state index in [1.165, 1.54) is 38.4 Å². The monoisotopic (exact) mass is 503 g/mol. The van der Waals surface area contributed by atoms with Crippen LogP contribution in [0.4, 0.5) is 11.5 Å². The summed E-state index contributed by atoms with van der Waals surface area (Å²) < 4.78 is 5.10. The Morgan fingerprint density at radius 1 is 1.08 bits per heavy atom. The van der Waals surface area contributed by atoms with Crippen LogP contribution in [-0.4, -0.2) is 60.4 Å². The number of nitrogens with zero attached hydrogens (tertiary/aromatic N) is 3. The van der Waals surface area contributed by atoms with Gasteiger partial charge in [0.2, 0.25) is 0 Å². The number of methoxy groups -OCH3 is 1. The standard InChI is InChI=1S/C30H41N5O2/c1-21-19-35(17-16-34(21)20-22-10-5-3-6-11-22)26-18-25(30(36)37-2)33-29(32-24-14-7-4-8-15-24)27(26)28(31)23-12-9-13-23/h3,5-6,10-11,18,21,23-24,31H,4,7-9,12-17,19-20H2,1-2H3,(H,32,33). The van der Waals surface area contributed by atoms with Crippen LogP contribution in [0.25, 0.3) is 0 Å². The highest BCUT2D eigenvalue weighted by molar-refractivity contribution is 6.10. The molecule has 2 aliphatic carbocycles. The first kappa shape index (κ1) is 25.7. The van der Waals surface area contributed by atoms with Crippen molar-refractivity contribution in [1.82, 2.24) is 9.88 Å². The molecular formula is C30H41N5O2. The van der Waals surface area contributed by atoms with Gasteiger partial charge < -0.3 is 20.4 Å². The normalized spacial score (nSPS) is 21.4. The van der Waals surface area contributed by atoms with Crippen LogP contribution in [0.1, 0.15) is 79.9 Å². The Kier molecular flexibility index (Phi) is 8.08. The zero-order chi connectivity index (χ0) is 25.8. The summed E-state index contributed by atoms with van der Waals surface area (Å²) in [5, 5.41) is 12.9. The molecule has 5 rings (SSSR count). The summed E-state index contributed by atoms with van der Waals surface area (Å²) in [6.07, 6.45) is 9.18. The van der Waals surface area contributed by atoms with Crippen LogP contribution >= 0.6 is 0 Å². The average Bonchev–Trinajstić information content (AvgIpc) is 2.89. The van der Waals surface area contributed by atoms with Gasteiger partial charge in [-0.1, -0.05) is 56.0 Å². The molecule has 7 heteroatoms. The number of carbonyl (C=O) groups excluding carboxylic acids is 1. The summed E-state index contributed by atoms with van der Waals surface area (Å²) in [6, 6.07) is 13.2. The molecule has 2 heterocycles. The van der Waals surface area contributed by atoms with E-state index in [1.54, 1.807) is 0 Å². The molecule has 0 radical (unpaired) electrons. The van der Waals surface area contributed by atoms with Crippen LogP contribution in [0.15, 0.2) is 36.4 Å². The van der Waals surface area contributed by atoms with E-state index in [1.807, 2.05) is 6.07 Å². The third-order valence-corrected chi connectivity index (χ3v) is 8.46. The number of aromatic nitrogens is 1. The number of esters is 1. The van der Waals surface area contributed by atoms with Gasteiger partial charge in [-0.2, -0.15) is 0 Å². The summed E-state index contributed by atoms with van der Waals surface area (Å²) >= 11 is 0. The Balaban J connectivity index is 1.47. The molecule has 0 amide bonds. The fourth-order valence-corrected chi connectivity index (χ4v) is 5.97. The van der Waals surface area contributed by atoms with Gasteiger partial charge >= 0.3 is 5.97 Å². The molecule has 1 atom stereocenters. The van der Waals surface area contributed by atoms with E-state index in [-0.39, 0.29) is 5.92 Å². The van der Waals surface area contributed by atoms with E-state index in [9.17, 15) is 10.2 Å². The second kappa shape index (κ2) is 11.6. The topological polar surface area (TPSA) is 81.5 Å². The maximum Gasteiger partial charge on any atom is 0.356 e. The first-order valence-electron chi connectivity index (χ1n) is 14.0. The predicted molar refractivity (Wildman–Crippen MR) is 149 cm³/mol. The summed E-state index contributed by atoms with van der Waals surface area (Å²) in [7, 11) is 1.41. The minimum absolute atomic E-state index is 0.272. The highest BCUT2D eigenvalue weighted by Gasteiger charge is 2.33. The number of hydrogen-bond donors (Lipinski definition) is 2. The molecule has 0 spiro atoms. The second-order valence-corrected chi connectivity index (χ2v) is 11.0. The zero-order valence-corrected chi connectivity index (χ0v) is 22.3. The number of rotatable bonds is 8. The number of pyridine rings is 1. The number of anilines is 2. The Hall–Kier alpha value is -2.93. The van der Waals surface area contributed by atoms with Gasteiger partial charge in [0.1, 0.15) is 5.82 Å². The summed E-state index contributed by atoms with van der Waals surface area (Å²) in [5.41, 5.74) is 4.16. The first-order valence-corrected chi connectivity index (χ1v) is 14.0. The average molecular weight is 504 g/mol. The van der Waals surface area contributed by atoms with Gasteiger partial charge in [-0.3, -0.25) is 4.90 Å². The van der Waals surface area contributed by atoms with Gasteiger partial charge in [0.25, 0.3) is 0 Å². The molecule has 7 nitrogen and oxygen atoms in total. The van der Waals surface area contributed by atoms with Crippen LogP contribution < -0.4 is 10.2 Å². The van der Waals surface area contributed by atoms with Crippen molar-refractivity contribution in [3.05, 3.63) is 53.2 Å². The van der Waals surface area contributed by atoms with Crippen LogP contribution in [-0.2, 0) is 11.3 Å². The van der Waals surface area contributed by atoms with Crippen molar-refractivity contribution in [2.24, 2.45) is 5.92 Å². The number of hydrogen-bond acceptors (Lipinski definition) is 7. The molecule has 3 fully saturated rings. The maximum absolute atomic E-state index is 12.7. The first-order chi connectivity index (χ1) is 18.0. The molecule has 37 heavy (non-hydrogen) atoms. The molecule has 0 bridgehead atoms. The predicted octanol–water partition coefficient (Wildman–Crippen LogP) is 5.49. The highest BCUT2D eigenvalue weighted by Crippen LogP contribution is 2.38. The van der Waals surface area contributed by atoms with Crippen LogP contribution in [0.3, 0.4) is 0 Å². The van der Waals surface area contributed by atoms with E-state index in [4.69, 9.17) is 9.72 Å². The van der Waals surface area contributed by atoms with Crippen LogP contribution in [0.2, 0.25) is 0 Å². The zero-order valence-electron chi connectivity index (χ0n) is 22.3. The molecule has 198 valence electrons. The number of piperazine rings is 1. The van der Waals surface area contributed by atoms with Gasteiger partial charge in [-0.25, -0.2) is 9.78 Å². The fourth-order valence-electron chi connectivity index (χ4n) is 5.97. The Morgan fingerprint density at radius 2 is 1.84 bits per heavy atom. The number of carbonyl (C=O) groups is 1. The lowest BCUT2D eigenvalue weighted by molar-refractivity contribution is 0.0594. The summed E-state index contributed by atoms with van der Waals surface area (Å²) in [6.45, 7) is 5.81. The molecular weight excluding hydrogens is 462 g/mol. The molecule has 2 N–H and O–H groups in total. The van der Waals surface area contributed by atoms with Gasteiger partial charge in [0, 0.05) is 49.9 Å². The van der Waals surface area contributed by atoms with Crippen LogP contribution in [0.5, 0.6) is 0 Å². The third kappa shape index (κ3) is 5.82. The van der Waals surface area contributed by atoms with Gasteiger partial charge in [0.05, 0.1) is 18.4 Å². The second-order valence-electron chi connectivity index (χ2n) is 11.0. The SMILES string of the molecule is COC(=O)c1cc(N2CCN(Cc3ccccc3)C(C)C2)c(C(=N)C2CCC2)c(NC2CCCCC2)n1. The van der Waals surface area contributed by atoms with E-state index in [0.29, 0.717) is 29.3 Å². The van der Waals surface area contributed by atoms with E-state index < -0.39 is 5.97 Å². The molecule has 1 aromatic heterocycles. The molecule has 2 aromatic rings. The molecule has 1 saturated heterocycles. The Morgan fingerprint density at radius 3 is 2.49 bits per heavy atom. The van der Waals surface area contributed by atoms with Crippen molar-refractivity contribution in [2.75, 3.05) is 37.0 Å². The maximum atomic E-state index is 12.7. The highest BCUT2D eigenvalue weighted by atomic mass is 16.5. The van der Waals surface area contributed by atoms with Crippen molar-refractivity contribution in [2.45, 2.75) is 76.9 Å². The molecule has 1 aliphatic heterocycles. The van der Waals surface area contributed by atoms with Gasteiger partial charge in [-0.15, -0.1) is 0 Å². The molecule has 1 aromatic carbocycles. The van der Waals surface area contributed by atoms with E-state index >= 15 is 0 Å². The van der Waals surface area contributed by atoms with Crippen LogP contribution in [0, 0.1) is 11.3 Å². The summed E-state index contributed by atoms with van der Waals surface area (Å²) in [5.74, 6) is 0.541. The van der Waals surface area contributed by atoms with Crippen molar-refractivity contribution in [1.29, 1.82) is 5.41 Å². The van der Waals surface area contributed by atoms with Gasteiger partial charge in [-0.05, 0) is 44.2 Å². The minimum atomic E-state index is -0.426. The molecule has 3 aliphatic rings. The van der Waals surface area contributed by atoms with Gasteiger partial charge in [0.15, 0.2) is 5.69 Å². The quantitative estimate of drug-likeness (QED) is 0.366. The lowest BCUT2D eigenvalue weighted by Gasteiger charge is -2.42. The Labute approximate surface area is 221 Å². The van der Waals surface area contributed by atoms with Crippen molar-refractivity contribution < 1.29 is 9.53 Å². The van der Waals surface area contributed by atoms with E-state index in [2.05, 4.69) is 52.4 Å². The Bertz CT molecular complexity index is 1090. The fraction of sp³-hybridized carbons (Fsp3) is 0.567. The molecule has 1 unspecified atom stereocenters. The molecule has 2 saturated carbocycles. The van der Waals surface area contributed by atoms with Crippen molar-refractivity contribution in [3.8, 4) is 0 Å². The van der Waals surface area contributed by atoms with Crippen molar-refractivity contribution >= 4 is 23.2 Å². The number of ether oxygens (including phenoxy) is 1. The minimum Gasteiger partial charge on any atom is -0.464 e. The third-order valence-electron chi connectivity index (χ3n) is 8.46. The summed E-state index contributed by atoms with van der Waals surface area (Å²) in [4.78, 5) is 22.4.